The van der Waals surface area contributed by atoms with Crippen LogP contribution in [0, 0.1) is 5.92 Å². The van der Waals surface area contributed by atoms with Gasteiger partial charge < -0.3 is 10.1 Å². The van der Waals surface area contributed by atoms with Crippen LogP contribution in [-0.2, 0) is 4.74 Å². The lowest BCUT2D eigenvalue weighted by Crippen LogP contribution is -2.42. The standard InChI is InChI=1S/C15H29NO/c1-2-16-14-7-5-3-4-6-8-15(14)17-12-11-13-9-10-13/h13-16H,2-12H2,1H3. The van der Waals surface area contributed by atoms with Crippen LogP contribution < -0.4 is 5.32 Å². The highest BCUT2D eigenvalue weighted by atomic mass is 16.5. The van der Waals surface area contributed by atoms with Crippen molar-refractivity contribution in [2.45, 2.75) is 76.9 Å². The maximum absolute atomic E-state index is 6.17. The van der Waals surface area contributed by atoms with Crippen LogP contribution in [0.2, 0.25) is 0 Å². The van der Waals surface area contributed by atoms with Gasteiger partial charge in [0.2, 0.25) is 0 Å². The third-order valence-electron chi connectivity index (χ3n) is 4.22. The van der Waals surface area contributed by atoms with Crippen LogP contribution >= 0.6 is 0 Å². The Balaban J connectivity index is 1.73. The molecule has 100 valence electrons. The van der Waals surface area contributed by atoms with E-state index in [1.54, 1.807) is 0 Å². The predicted molar refractivity (Wildman–Crippen MR) is 72.2 cm³/mol. The smallest absolute Gasteiger partial charge is 0.0728 e. The van der Waals surface area contributed by atoms with Gasteiger partial charge >= 0.3 is 0 Å². The lowest BCUT2D eigenvalue weighted by Gasteiger charge is -2.30. The molecule has 0 radical (unpaired) electrons. The average molecular weight is 239 g/mol. The predicted octanol–water partition coefficient (Wildman–Crippen LogP) is 3.50. The molecule has 2 unspecified atom stereocenters. The van der Waals surface area contributed by atoms with Gasteiger partial charge in [0.1, 0.15) is 0 Å². The molecule has 0 amide bonds. The van der Waals surface area contributed by atoms with Gasteiger partial charge in [-0.05, 0) is 31.7 Å². The maximum Gasteiger partial charge on any atom is 0.0728 e. The van der Waals surface area contributed by atoms with Crippen LogP contribution in [0.25, 0.3) is 0 Å². The molecule has 2 atom stereocenters. The summed E-state index contributed by atoms with van der Waals surface area (Å²) in [5.41, 5.74) is 0. The second kappa shape index (κ2) is 7.38. The van der Waals surface area contributed by atoms with E-state index in [-0.39, 0.29) is 0 Å². The molecule has 0 saturated heterocycles. The van der Waals surface area contributed by atoms with Crippen molar-refractivity contribution in [3.8, 4) is 0 Å². The average Bonchev–Trinajstić information content (AvgIpc) is 3.10. The highest BCUT2D eigenvalue weighted by Gasteiger charge is 2.25. The minimum atomic E-state index is 0.481. The zero-order valence-corrected chi connectivity index (χ0v) is 11.4. The second-order valence-electron chi connectivity index (χ2n) is 5.80. The summed E-state index contributed by atoms with van der Waals surface area (Å²) in [6.45, 7) is 4.28. The molecule has 2 rings (SSSR count). The highest BCUT2D eigenvalue weighted by molar-refractivity contribution is 4.80. The molecule has 2 saturated carbocycles. The molecule has 0 bridgehead atoms. The van der Waals surface area contributed by atoms with E-state index in [1.807, 2.05) is 0 Å². The minimum Gasteiger partial charge on any atom is -0.377 e. The number of ether oxygens (including phenoxy) is 1. The van der Waals surface area contributed by atoms with Gasteiger partial charge in [-0.3, -0.25) is 0 Å². The normalized spacial score (nSPS) is 30.9. The van der Waals surface area contributed by atoms with Crippen molar-refractivity contribution in [3.63, 3.8) is 0 Å². The van der Waals surface area contributed by atoms with E-state index in [0.29, 0.717) is 12.1 Å². The molecule has 0 aliphatic heterocycles. The molecule has 0 spiro atoms. The largest absolute Gasteiger partial charge is 0.377 e. The van der Waals surface area contributed by atoms with Crippen LogP contribution in [0.5, 0.6) is 0 Å². The van der Waals surface area contributed by atoms with Crippen LogP contribution in [0.15, 0.2) is 0 Å². The summed E-state index contributed by atoms with van der Waals surface area (Å²) in [7, 11) is 0. The van der Waals surface area contributed by atoms with Gasteiger partial charge in [-0.15, -0.1) is 0 Å². The fourth-order valence-corrected chi connectivity index (χ4v) is 2.94. The molecule has 1 N–H and O–H groups in total. The Kier molecular flexibility index (Phi) is 5.79. The molecule has 2 aliphatic carbocycles. The molecular formula is C15H29NO. The van der Waals surface area contributed by atoms with Gasteiger partial charge in [-0.2, -0.15) is 0 Å². The Bertz CT molecular complexity index is 203. The molecule has 0 heterocycles. The van der Waals surface area contributed by atoms with E-state index in [0.717, 1.165) is 19.1 Å². The first-order valence-corrected chi connectivity index (χ1v) is 7.75. The second-order valence-corrected chi connectivity index (χ2v) is 5.80. The molecule has 0 aromatic heterocycles. The summed E-state index contributed by atoms with van der Waals surface area (Å²) < 4.78 is 6.17. The summed E-state index contributed by atoms with van der Waals surface area (Å²) in [4.78, 5) is 0. The number of nitrogens with one attached hydrogen (secondary N) is 1. The Morgan fingerprint density at radius 2 is 1.76 bits per heavy atom. The third-order valence-corrected chi connectivity index (χ3v) is 4.22. The summed E-state index contributed by atoms with van der Waals surface area (Å²) >= 11 is 0. The molecule has 0 aromatic rings. The van der Waals surface area contributed by atoms with Gasteiger partial charge in [-0.25, -0.2) is 0 Å². The van der Waals surface area contributed by atoms with Gasteiger partial charge in [-0.1, -0.05) is 45.4 Å². The Morgan fingerprint density at radius 1 is 1.00 bits per heavy atom. The van der Waals surface area contributed by atoms with Gasteiger partial charge in [0, 0.05) is 12.6 Å². The van der Waals surface area contributed by atoms with Crippen molar-refractivity contribution in [2.24, 2.45) is 5.92 Å². The van der Waals surface area contributed by atoms with Crippen molar-refractivity contribution in [1.29, 1.82) is 0 Å². The topological polar surface area (TPSA) is 21.3 Å². The number of hydrogen-bond donors (Lipinski definition) is 1. The van der Waals surface area contributed by atoms with Gasteiger partial charge in [0.25, 0.3) is 0 Å². The molecule has 2 fully saturated rings. The van der Waals surface area contributed by atoms with E-state index < -0.39 is 0 Å². The number of hydrogen-bond acceptors (Lipinski definition) is 2. The summed E-state index contributed by atoms with van der Waals surface area (Å²) in [6, 6.07) is 0.611. The van der Waals surface area contributed by atoms with Crippen molar-refractivity contribution in [1.82, 2.24) is 5.32 Å². The molecule has 2 aliphatic rings. The first-order valence-electron chi connectivity index (χ1n) is 7.75. The molecule has 2 heteroatoms. The van der Waals surface area contributed by atoms with Crippen LogP contribution in [-0.4, -0.2) is 25.3 Å². The summed E-state index contributed by atoms with van der Waals surface area (Å²) in [6.07, 6.45) is 12.8. The Labute approximate surface area is 107 Å². The number of rotatable bonds is 6. The third kappa shape index (κ3) is 4.97. The maximum atomic E-state index is 6.17. The summed E-state index contributed by atoms with van der Waals surface area (Å²) in [5, 5.41) is 3.63. The molecular weight excluding hydrogens is 210 g/mol. The van der Waals surface area contributed by atoms with E-state index >= 15 is 0 Å². The lowest BCUT2D eigenvalue weighted by molar-refractivity contribution is 0.0109. The zero-order valence-electron chi connectivity index (χ0n) is 11.4. The zero-order chi connectivity index (χ0) is 11.9. The quantitative estimate of drug-likeness (QED) is 0.766. The SMILES string of the molecule is CCNC1CCCCCCC1OCCC1CC1. The number of likely N-dealkylation sites (N-methyl/N-ethyl adjacent to an activating group) is 1. The van der Waals surface area contributed by atoms with E-state index in [2.05, 4.69) is 12.2 Å². The van der Waals surface area contributed by atoms with E-state index in [4.69, 9.17) is 4.74 Å². The van der Waals surface area contributed by atoms with Gasteiger partial charge in [0.15, 0.2) is 0 Å². The molecule has 17 heavy (non-hydrogen) atoms. The lowest BCUT2D eigenvalue weighted by atomic mass is 9.94. The van der Waals surface area contributed by atoms with Crippen LogP contribution in [0.1, 0.15) is 64.7 Å². The summed E-state index contributed by atoms with van der Waals surface area (Å²) in [5.74, 6) is 1.00. The van der Waals surface area contributed by atoms with Crippen LogP contribution in [0.3, 0.4) is 0 Å². The fourth-order valence-electron chi connectivity index (χ4n) is 2.94. The Hall–Kier alpha value is -0.0800. The van der Waals surface area contributed by atoms with Crippen molar-refractivity contribution < 1.29 is 4.74 Å². The first-order chi connectivity index (χ1) is 8.40. The van der Waals surface area contributed by atoms with Crippen molar-refractivity contribution >= 4 is 0 Å². The fraction of sp³-hybridized carbons (Fsp3) is 1.00. The molecule has 2 nitrogen and oxygen atoms in total. The molecule has 0 aromatic carbocycles. The van der Waals surface area contributed by atoms with E-state index in [9.17, 15) is 0 Å². The van der Waals surface area contributed by atoms with E-state index in [1.165, 1.54) is 57.8 Å². The monoisotopic (exact) mass is 239 g/mol. The minimum absolute atomic E-state index is 0.481. The van der Waals surface area contributed by atoms with Crippen molar-refractivity contribution in [3.05, 3.63) is 0 Å². The Morgan fingerprint density at radius 3 is 2.47 bits per heavy atom. The van der Waals surface area contributed by atoms with Crippen molar-refractivity contribution in [2.75, 3.05) is 13.2 Å². The van der Waals surface area contributed by atoms with Crippen LogP contribution in [0.4, 0.5) is 0 Å². The highest BCUT2D eigenvalue weighted by Crippen LogP contribution is 2.32. The van der Waals surface area contributed by atoms with Gasteiger partial charge in [0.05, 0.1) is 6.10 Å². The first kappa shape index (κ1) is 13.4.